The predicted molar refractivity (Wildman–Crippen MR) is 91.1 cm³/mol. The summed E-state index contributed by atoms with van der Waals surface area (Å²) in [4.78, 5) is 32.3. The Morgan fingerprint density at radius 3 is 2.58 bits per heavy atom. The number of pyridine rings is 1. The number of hydrogen-bond donors (Lipinski definition) is 0. The highest BCUT2D eigenvalue weighted by molar-refractivity contribution is 5.79. The van der Waals surface area contributed by atoms with E-state index in [-0.39, 0.29) is 17.9 Å². The van der Waals surface area contributed by atoms with E-state index in [0.717, 1.165) is 11.1 Å². The molecule has 3 rings (SSSR count). The van der Waals surface area contributed by atoms with Crippen LogP contribution in [0.25, 0.3) is 0 Å². The molecule has 1 aliphatic rings. The summed E-state index contributed by atoms with van der Waals surface area (Å²) < 4.78 is 0. The fraction of sp³-hybridized carbons (Fsp3) is 0.316. The molecule has 2 amide bonds. The van der Waals surface area contributed by atoms with Crippen molar-refractivity contribution in [2.45, 2.75) is 19.4 Å². The van der Waals surface area contributed by atoms with Crippen LogP contribution >= 0.6 is 0 Å². The molecule has 1 aliphatic heterocycles. The van der Waals surface area contributed by atoms with Crippen LogP contribution < -0.4 is 0 Å². The Bertz CT molecular complexity index is 703. The Morgan fingerprint density at radius 1 is 1.12 bits per heavy atom. The molecule has 1 atom stereocenters. The van der Waals surface area contributed by atoms with Gasteiger partial charge in [-0.2, -0.15) is 0 Å². The van der Waals surface area contributed by atoms with Gasteiger partial charge in [0.15, 0.2) is 0 Å². The molecule has 0 N–H and O–H groups in total. The van der Waals surface area contributed by atoms with Crippen LogP contribution in [-0.2, 0) is 16.0 Å². The van der Waals surface area contributed by atoms with E-state index < -0.39 is 0 Å². The molecule has 0 unspecified atom stereocenters. The first kappa shape index (κ1) is 16.2. The molecule has 0 radical (unpaired) electrons. The third-order valence-corrected chi connectivity index (χ3v) is 4.40. The van der Waals surface area contributed by atoms with Gasteiger partial charge in [0.25, 0.3) is 0 Å². The van der Waals surface area contributed by atoms with E-state index in [1.54, 1.807) is 19.3 Å². The van der Waals surface area contributed by atoms with Gasteiger partial charge in [0.1, 0.15) is 0 Å². The van der Waals surface area contributed by atoms with Gasteiger partial charge in [-0.05, 0) is 17.2 Å². The molecule has 124 valence electrons. The number of carbonyl (C=O) groups is 2. The third-order valence-electron chi connectivity index (χ3n) is 4.40. The fourth-order valence-electron chi connectivity index (χ4n) is 3.14. The van der Waals surface area contributed by atoms with Gasteiger partial charge in [0.2, 0.25) is 11.8 Å². The van der Waals surface area contributed by atoms with Crippen molar-refractivity contribution in [3.05, 3.63) is 66.0 Å². The summed E-state index contributed by atoms with van der Waals surface area (Å²) in [5.74, 6) is 0.121. The summed E-state index contributed by atoms with van der Waals surface area (Å²) in [6.45, 7) is 3.25. The molecule has 24 heavy (non-hydrogen) atoms. The number of nitrogens with zero attached hydrogens (tertiary/aromatic N) is 3. The van der Waals surface area contributed by atoms with Crippen LogP contribution in [0.5, 0.6) is 0 Å². The van der Waals surface area contributed by atoms with E-state index in [2.05, 4.69) is 4.98 Å². The van der Waals surface area contributed by atoms with E-state index in [0.29, 0.717) is 26.1 Å². The highest BCUT2D eigenvalue weighted by Crippen LogP contribution is 2.25. The van der Waals surface area contributed by atoms with E-state index in [1.807, 2.05) is 52.3 Å². The Balaban J connectivity index is 1.75. The Labute approximate surface area is 141 Å². The van der Waals surface area contributed by atoms with Gasteiger partial charge in [-0.25, -0.2) is 0 Å². The lowest BCUT2D eigenvalue weighted by molar-refractivity contribution is -0.141. The average Bonchev–Trinajstić information content (AvgIpc) is 2.62. The molecule has 5 heteroatoms. The van der Waals surface area contributed by atoms with Gasteiger partial charge in [-0.15, -0.1) is 0 Å². The van der Waals surface area contributed by atoms with Gasteiger partial charge in [-0.3, -0.25) is 14.6 Å². The molecule has 0 spiro atoms. The molecule has 0 saturated carbocycles. The molecule has 1 aromatic carbocycles. The number of carbonyl (C=O) groups excluding carboxylic acids is 2. The molecular weight excluding hydrogens is 302 g/mol. The van der Waals surface area contributed by atoms with Gasteiger partial charge >= 0.3 is 0 Å². The smallest absolute Gasteiger partial charge is 0.227 e. The van der Waals surface area contributed by atoms with Crippen molar-refractivity contribution in [1.82, 2.24) is 14.8 Å². The van der Waals surface area contributed by atoms with Crippen molar-refractivity contribution < 1.29 is 9.59 Å². The first-order chi connectivity index (χ1) is 11.6. The molecule has 2 heterocycles. The topological polar surface area (TPSA) is 53.5 Å². The second-order valence-electron chi connectivity index (χ2n) is 6.02. The average molecular weight is 323 g/mol. The van der Waals surface area contributed by atoms with Crippen molar-refractivity contribution in [3.63, 3.8) is 0 Å². The summed E-state index contributed by atoms with van der Waals surface area (Å²) in [5.41, 5.74) is 1.97. The summed E-state index contributed by atoms with van der Waals surface area (Å²) in [6, 6.07) is 13.6. The normalized spacial score (nSPS) is 17.6. The van der Waals surface area contributed by atoms with Crippen molar-refractivity contribution in [1.29, 1.82) is 0 Å². The van der Waals surface area contributed by atoms with Crippen LogP contribution in [-0.4, -0.2) is 46.2 Å². The zero-order valence-electron chi connectivity index (χ0n) is 13.8. The second kappa shape index (κ2) is 7.25. The minimum absolute atomic E-state index is 0.0446. The SMILES string of the molecule is CC(=O)N1CCN(C(=O)Cc2cccnc2)C[C@@H]1c1ccccc1. The molecule has 1 aromatic heterocycles. The van der Waals surface area contributed by atoms with Crippen LogP contribution in [0, 0.1) is 0 Å². The predicted octanol–water partition coefficient (Wildman–Crippen LogP) is 2.06. The molecule has 0 bridgehead atoms. The molecule has 2 aromatic rings. The van der Waals surface area contributed by atoms with E-state index in [9.17, 15) is 9.59 Å². The largest absolute Gasteiger partial charge is 0.338 e. The zero-order chi connectivity index (χ0) is 16.9. The van der Waals surface area contributed by atoms with Crippen LogP contribution in [0.1, 0.15) is 24.1 Å². The second-order valence-corrected chi connectivity index (χ2v) is 6.02. The number of aromatic nitrogens is 1. The maximum atomic E-state index is 12.6. The quantitative estimate of drug-likeness (QED) is 0.869. The Morgan fingerprint density at radius 2 is 1.92 bits per heavy atom. The summed E-state index contributed by atoms with van der Waals surface area (Å²) in [7, 11) is 0. The number of hydrogen-bond acceptors (Lipinski definition) is 3. The molecule has 0 aliphatic carbocycles. The fourth-order valence-corrected chi connectivity index (χ4v) is 3.14. The van der Waals surface area contributed by atoms with E-state index in [4.69, 9.17) is 0 Å². The Hall–Kier alpha value is -2.69. The summed E-state index contributed by atoms with van der Waals surface area (Å²) in [5, 5.41) is 0. The summed E-state index contributed by atoms with van der Waals surface area (Å²) >= 11 is 0. The first-order valence-electron chi connectivity index (χ1n) is 8.14. The molecule has 1 saturated heterocycles. The number of benzene rings is 1. The lowest BCUT2D eigenvalue weighted by Crippen LogP contribution is -2.52. The number of rotatable bonds is 3. The number of piperazine rings is 1. The van der Waals surface area contributed by atoms with Crippen LogP contribution in [0.15, 0.2) is 54.9 Å². The molecular formula is C19H21N3O2. The van der Waals surface area contributed by atoms with E-state index in [1.165, 1.54) is 0 Å². The minimum Gasteiger partial charge on any atom is -0.338 e. The lowest BCUT2D eigenvalue weighted by Gasteiger charge is -2.41. The van der Waals surface area contributed by atoms with Crippen molar-refractivity contribution in [2.75, 3.05) is 19.6 Å². The van der Waals surface area contributed by atoms with Crippen LogP contribution in [0.2, 0.25) is 0 Å². The van der Waals surface area contributed by atoms with Gasteiger partial charge in [0, 0.05) is 39.0 Å². The Kier molecular flexibility index (Phi) is 4.89. The van der Waals surface area contributed by atoms with E-state index >= 15 is 0 Å². The van der Waals surface area contributed by atoms with Gasteiger partial charge in [0.05, 0.1) is 12.5 Å². The maximum absolute atomic E-state index is 12.6. The lowest BCUT2D eigenvalue weighted by atomic mass is 10.0. The monoisotopic (exact) mass is 323 g/mol. The first-order valence-corrected chi connectivity index (χ1v) is 8.14. The summed E-state index contributed by atoms with van der Waals surface area (Å²) in [6.07, 6.45) is 3.76. The van der Waals surface area contributed by atoms with Crippen molar-refractivity contribution in [3.8, 4) is 0 Å². The van der Waals surface area contributed by atoms with Gasteiger partial charge in [-0.1, -0.05) is 36.4 Å². The van der Waals surface area contributed by atoms with Gasteiger partial charge < -0.3 is 9.80 Å². The van der Waals surface area contributed by atoms with Crippen LogP contribution in [0.3, 0.4) is 0 Å². The minimum atomic E-state index is -0.0877. The zero-order valence-corrected chi connectivity index (χ0v) is 13.8. The third kappa shape index (κ3) is 3.62. The highest BCUT2D eigenvalue weighted by atomic mass is 16.2. The molecule has 1 fully saturated rings. The number of amides is 2. The maximum Gasteiger partial charge on any atom is 0.227 e. The van der Waals surface area contributed by atoms with Crippen LogP contribution in [0.4, 0.5) is 0 Å². The van der Waals surface area contributed by atoms with Crippen molar-refractivity contribution >= 4 is 11.8 Å². The van der Waals surface area contributed by atoms with Crippen molar-refractivity contribution in [2.24, 2.45) is 0 Å². The molecule has 5 nitrogen and oxygen atoms in total. The highest BCUT2D eigenvalue weighted by Gasteiger charge is 2.31. The standard InChI is InChI=1S/C19H21N3O2/c1-15(23)22-11-10-21(14-18(22)17-7-3-2-4-8-17)19(24)12-16-6-5-9-20-13-16/h2-9,13,18H,10-12,14H2,1H3/t18-/m1/s1.